The molecule has 6 nitrogen and oxygen atoms in total. The van der Waals surface area contributed by atoms with Gasteiger partial charge in [0.1, 0.15) is 5.54 Å². The van der Waals surface area contributed by atoms with Crippen LogP contribution in [0.15, 0.2) is 54.6 Å². The number of hydrogen-bond donors (Lipinski definition) is 1. The molecule has 2 aliphatic rings. The van der Waals surface area contributed by atoms with E-state index in [0.717, 1.165) is 16.7 Å². The Balaban J connectivity index is 1.41. The molecule has 29 heavy (non-hydrogen) atoms. The van der Waals surface area contributed by atoms with Crippen molar-refractivity contribution >= 4 is 21.8 Å². The first-order valence-corrected chi connectivity index (χ1v) is 11.4. The van der Waals surface area contributed by atoms with E-state index >= 15 is 0 Å². The molecule has 1 saturated carbocycles. The van der Waals surface area contributed by atoms with Gasteiger partial charge in [-0.3, -0.25) is 14.3 Å². The summed E-state index contributed by atoms with van der Waals surface area (Å²) in [5, 5.41) is -0.470. The van der Waals surface area contributed by atoms with Crippen LogP contribution in [0.1, 0.15) is 31.7 Å². The number of amides is 2. The summed E-state index contributed by atoms with van der Waals surface area (Å²) in [6.07, 6.45) is 1.80. The molecule has 2 fully saturated rings. The van der Waals surface area contributed by atoms with Crippen LogP contribution in [0.4, 0.5) is 0 Å². The Morgan fingerprint density at radius 2 is 1.66 bits per heavy atom. The highest BCUT2D eigenvalue weighted by atomic mass is 32.2. The number of hydrogen-bond acceptors (Lipinski definition) is 4. The zero-order chi connectivity index (χ0) is 20.6. The largest absolute Gasteiger partial charge is 0.328 e. The Kier molecular flexibility index (Phi) is 4.94. The number of likely N-dealkylation sites (tertiary alicyclic amines) is 1. The summed E-state index contributed by atoms with van der Waals surface area (Å²) in [6.45, 7) is 2.08. The van der Waals surface area contributed by atoms with Gasteiger partial charge in [-0.05, 0) is 42.9 Å². The maximum atomic E-state index is 12.8. The van der Waals surface area contributed by atoms with E-state index in [1.807, 2.05) is 54.6 Å². The van der Waals surface area contributed by atoms with Gasteiger partial charge in [-0.1, -0.05) is 54.6 Å². The Hall–Kier alpha value is -2.67. The third kappa shape index (κ3) is 3.92. The van der Waals surface area contributed by atoms with Gasteiger partial charge in [0.15, 0.2) is 0 Å². The molecule has 0 aromatic heterocycles. The van der Waals surface area contributed by atoms with Crippen molar-refractivity contribution in [2.75, 3.05) is 6.54 Å². The van der Waals surface area contributed by atoms with Crippen LogP contribution in [0.3, 0.4) is 0 Å². The summed E-state index contributed by atoms with van der Waals surface area (Å²) in [7, 11) is -3.62. The summed E-state index contributed by atoms with van der Waals surface area (Å²) in [4.78, 5) is 26.8. The lowest BCUT2D eigenvalue weighted by molar-refractivity contribution is -0.156. The van der Waals surface area contributed by atoms with Gasteiger partial charge in [0.25, 0.3) is 5.91 Å². The van der Waals surface area contributed by atoms with E-state index in [1.165, 1.54) is 4.90 Å². The van der Waals surface area contributed by atoms with Crippen molar-refractivity contribution in [1.29, 1.82) is 0 Å². The molecule has 152 valence electrons. The van der Waals surface area contributed by atoms with E-state index in [4.69, 9.17) is 0 Å². The zero-order valence-corrected chi connectivity index (χ0v) is 17.1. The average Bonchev–Trinajstić information content (AvgIpc) is 3.53. The normalized spacial score (nSPS) is 21.3. The zero-order valence-electron chi connectivity index (χ0n) is 16.3. The van der Waals surface area contributed by atoms with E-state index in [1.54, 1.807) is 6.92 Å². The monoisotopic (exact) mass is 412 g/mol. The quantitative estimate of drug-likeness (QED) is 0.790. The molecule has 7 heteroatoms. The smallest absolute Gasteiger partial charge is 0.259 e. The molecule has 1 N–H and O–H groups in total. The molecule has 1 heterocycles. The molecule has 2 aromatic carbocycles. The van der Waals surface area contributed by atoms with Crippen LogP contribution in [0.25, 0.3) is 11.1 Å². The van der Waals surface area contributed by atoms with Crippen molar-refractivity contribution in [1.82, 2.24) is 9.62 Å². The number of nitrogens with zero attached hydrogens (tertiary/aromatic N) is 1. The Morgan fingerprint density at radius 1 is 1.03 bits per heavy atom. The van der Waals surface area contributed by atoms with Gasteiger partial charge >= 0.3 is 0 Å². The van der Waals surface area contributed by atoms with E-state index < -0.39 is 26.7 Å². The fraction of sp³-hybridized carbons (Fsp3) is 0.364. The molecule has 0 spiro atoms. The SMILES string of the molecule is CC1(C(=O)NS(=O)(=O)C2CC2)CCN1C(=O)Cc1ccc(-c2ccccc2)cc1. The van der Waals surface area contributed by atoms with Gasteiger partial charge in [0, 0.05) is 6.54 Å². The standard InChI is InChI=1S/C22H24N2O4S/c1-22(21(26)23-29(27,28)19-11-12-19)13-14-24(22)20(25)15-16-7-9-18(10-8-16)17-5-3-2-4-6-17/h2-10,19H,11-15H2,1H3,(H,23,26). The first kappa shape index (κ1) is 19.6. The Labute approximate surface area is 171 Å². The lowest BCUT2D eigenvalue weighted by Crippen LogP contribution is -2.68. The van der Waals surface area contributed by atoms with Gasteiger partial charge < -0.3 is 4.90 Å². The van der Waals surface area contributed by atoms with Crippen molar-refractivity contribution in [3.05, 3.63) is 60.2 Å². The minimum absolute atomic E-state index is 0.174. The van der Waals surface area contributed by atoms with Crippen molar-refractivity contribution in [3.63, 3.8) is 0 Å². The van der Waals surface area contributed by atoms with E-state index in [9.17, 15) is 18.0 Å². The third-order valence-electron chi connectivity index (χ3n) is 5.82. The van der Waals surface area contributed by atoms with Crippen LogP contribution in [0.5, 0.6) is 0 Å². The number of carbonyl (C=O) groups is 2. The number of benzene rings is 2. The van der Waals surface area contributed by atoms with Crippen molar-refractivity contribution in [3.8, 4) is 11.1 Å². The minimum Gasteiger partial charge on any atom is -0.328 e. The molecule has 2 aromatic rings. The fourth-order valence-electron chi connectivity index (χ4n) is 3.61. The summed E-state index contributed by atoms with van der Waals surface area (Å²) in [5.74, 6) is -0.784. The molecule has 1 unspecified atom stereocenters. The van der Waals surface area contributed by atoms with Gasteiger partial charge in [-0.15, -0.1) is 0 Å². The van der Waals surface area contributed by atoms with Gasteiger partial charge in [0.2, 0.25) is 15.9 Å². The molecule has 2 amide bonds. The Morgan fingerprint density at radius 3 is 2.21 bits per heavy atom. The van der Waals surface area contributed by atoms with E-state index in [-0.39, 0.29) is 12.3 Å². The Bertz CT molecular complexity index is 1030. The number of sulfonamides is 1. The first-order valence-electron chi connectivity index (χ1n) is 9.80. The van der Waals surface area contributed by atoms with Gasteiger partial charge in [0.05, 0.1) is 11.7 Å². The molecular formula is C22H24N2O4S. The number of nitrogens with one attached hydrogen (secondary N) is 1. The second kappa shape index (κ2) is 7.30. The lowest BCUT2D eigenvalue weighted by Gasteiger charge is -2.49. The van der Waals surface area contributed by atoms with Crippen LogP contribution < -0.4 is 4.72 Å². The highest BCUT2D eigenvalue weighted by molar-refractivity contribution is 7.90. The summed E-state index contributed by atoms with van der Waals surface area (Å²) in [5.41, 5.74) is 1.92. The van der Waals surface area contributed by atoms with Crippen molar-refractivity contribution < 1.29 is 18.0 Å². The summed E-state index contributed by atoms with van der Waals surface area (Å²) < 4.78 is 26.3. The average molecular weight is 413 g/mol. The summed E-state index contributed by atoms with van der Waals surface area (Å²) >= 11 is 0. The van der Waals surface area contributed by atoms with E-state index in [2.05, 4.69) is 4.72 Å². The molecule has 1 atom stereocenters. The van der Waals surface area contributed by atoms with Crippen LogP contribution >= 0.6 is 0 Å². The molecule has 1 aliphatic carbocycles. The second-order valence-corrected chi connectivity index (χ2v) is 9.95. The van der Waals surface area contributed by atoms with Gasteiger partial charge in [-0.25, -0.2) is 8.42 Å². The molecule has 1 aliphatic heterocycles. The molecule has 4 rings (SSSR count). The van der Waals surface area contributed by atoms with Crippen LogP contribution in [-0.2, 0) is 26.0 Å². The van der Waals surface area contributed by atoms with Crippen LogP contribution in [0.2, 0.25) is 0 Å². The highest BCUT2D eigenvalue weighted by Crippen LogP contribution is 2.33. The maximum absolute atomic E-state index is 12.8. The topological polar surface area (TPSA) is 83.6 Å². The predicted molar refractivity (Wildman–Crippen MR) is 110 cm³/mol. The van der Waals surface area contributed by atoms with Crippen LogP contribution in [-0.4, -0.2) is 42.5 Å². The second-order valence-electron chi connectivity index (χ2n) is 7.98. The van der Waals surface area contributed by atoms with Crippen molar-refractivity contribution in [2.24, 2.45) is 0 Å². The number of rotatable bonds is 6. The van der Waals surface area contributed by atoms with Crippen molar-refractivity contribution in [2.45, 2.75) is 43.4 Å². The first-order chi connectivity index (χ1) is 13.8. The molecule has 1 saturated heterocycles. The third-order valence-corrected chi connectivity index (χ3v) is 7.64. The predicted octanol–water partition coefficient (Wildman–Crippen LogP) is 2.50. The molecule has 0 radical (unpaired) electrons. The molecular weight excluding hydrogens is 388 g/mol. The minimum atomic E-state index is -3.62. The highest BCUT2D eigenvalue weighted by Gasteiger charge is 2.51. The van der Waals surface area contributed by atoms with E-state index in [0.29, 0.717) is 25.8 Å². The number of carbonyl (C=O) groups excluding carboxylic acids is 2. The lowest BCUT2D eigenvalue weighted by atomic mass is 9.85. The van der Waals surface area contributed by atoms with Gasteiger partial charge in [-0.2, -0.15) is 0 Å². The maximum Gasteiger partial charge on any atom is 0.259 e. The summed E-state index contributed by atoms with van der Waals surface area (Å²) in [6, 6.07) is 17.7. The fourth-order valence-corrected chi connectivity index (χ4v) is 5.01. The molecule has 0 bridgehead atoms. The van der Waals surface area contributed by atoms with Crippen LogP contribution in [0, 0.1) is 0 Å².